The fourth-order valence-corrected chi connectivity index (χ4v) is 3.82. The fraction of sp³-hybridized carbons (Fsp3) is 0.308. The first-order valence-electron chi connectivity index (χ1n) is 10.7. The molecule has 0 fully saturated rings. The van der Waals surface area contributed by atoms with Crippen LogP contribution in [0.1, 0.15) is 65.9 Å². The second-order valence-electron chi connectivity index (χ2n) is 7.64. The number of hydrogen-bond acceptors (Lipinski definition) is 2. The summed E-state index contributed by atoms with van der Waals surface area (Å²) in [6.07, 6.45) is 1.82. The molecule has 30 heavy (non-hydrogen) atoms. The first-order chi connectivity index (χ1) is 14.5. The number of hydrogen-bond donors (Lipinski definition) is 1. The molecule has 4 nitrogen and oxygen atoms in total. The maximum atomic E-state index is 12.9. The first-order valence-corrected chi connectivity index (χ1v) is 10.7. The third-order valence-corrected chi connectivity index (χ3v) is 5.28. The van der Waals surface area contributed by atoms with Gasteiger partial charge in [0.05, 0.1) is 6.04 Å². The number of fused-ring (bicyclic) bond motifs is 1. The van der Waals surface area contributed by atoms with Crippen LogP contribution in [0.4, 0.5) is 0 Å². The van der Waals surface area contributed by atoms with Crippen molar-refractivity contribution in [2.75, 3.05) is 13.1 Å². The predicted octanol–water partition coefficient (Wildman–Crippen LogP) is 5.59. The van der Waals surface area contributed by atoms with Gasteiger partial charge in [-0.15, -0.1) is 0 Å². The van der Waals surface area contributed by atoms with Gasteiger partial charge in [-0.25, -0.2) is 0 Å². The number of amides is 2. The van der Waals surface area contributed by atoms with Crippen LogP contribution in [-0.2, 0) is 0 Å². The summed E-state index contributed by atoms with van der Waals surface area (Å²) in [5, 5.41) is 5.37. The summed E-state index contributed by atoms with van der Waals surface area (Å²) in [6, 6.07) is 21.1. The van der Waals surface area contributed by atoms with E-state index >= 15 is 0 Å². The molecular weight excluding hydrogens is 372 g/mol. The van der Waals surface area contributed by atoms with Crippen molar-refractivity contribution in [2.24, 2.45) is 0 Å². The Morgan fingerprint density at radius 2 is 1.50 bits per heavy atom. The van der Waals surface area contributed by atoms with Crippen LogP contribution in [-0.4, -0.2) is 29.8 Å². The highest BCUT2D eigenvalue weighted by atomic mass is 16.2. The van der Waals surface area contributed by atoms with Gasteiger partial charge in [-0.2, -0.15) is 0 Å². The van der Waals surface area contributed by atoms with E-state index in [2.05, 4.69) is 37.4 Å². The van der Waals surface area contributed by atoms with Crippen molar-refractivity contribution in [1.29, 1.82) is 0 Å². The minimum absolute atomic E-state index is 0.0181. The Bertz CT molecular complexity index is 1020. The van der Waals surface area contributed by atoms with Gasteiger partial charge in [-0.1, -0.05) is 62.4 Å². The van der Waals surface area contributed by atoms with Crippen LogP contribution in [0, 0.1) is 0 Å². The second kappa shape index (κ2) is 10.1. The van der Waals surface area contributed by atoms with Crippen molar-refractivity contribution in [1.82, 2.24) is 10.2 Å². The molecule has 0 saturated heterocycles. The van der Waals surface area contributed by atoms with Crippen molar-refractivity contribution in [2.45, 2.75) is 39.7 Å². The van der Waals surface area contributed by atoms with Crippen molar-refractivity contribution in [3.63, 3.8) is 0 Å². The molecule has 0 saturated carbocycles. The monoisotopic (exact) mass is 402 g/mol. The molecule has 0 aliphatic heterocycles. The van der Waals surface area contributed by atoms with Crippen LogP contribution in [0.25, 0.3) is 10.8 Å². The third-order valence-electron chi connectivity index (χ3n) is 5.28. The zero-order valence-corrected chi connectivity index (χ0v) is 18.0. The molecule has 0 bridgehead atoms. The molecule has 1 N–H and O–H groups in total. The van der Waals surface area contributed by atoms with E-state index in [1.807, 2.05) is 36.1 Å². The van der Waals surface area contributed by atoms with Crippen LogP contribution in [0.3, 0.4) is 0 Å². The van der Waals surface area contributed by atoms with Crippen molar-refractivity contribution in [3.8, 4) is 0 Å². The highest BCUT2D eigenvalue weighted by Gasteiger charge is 2.18. The van der Waals surface area contributed by atoms with E-state index in [4.69, 9.17) is 0 Å². The van der Waals surface area contributed by atoms with Crippen LogP contribution in [0.15, 0.2) is 66.7 Å². The summed E-state index contributed by atoms with van der Waals surface area (Å²) < 4.78 is 0. The third kappa shape index (κ3) is 4.88. The highest BCUT2D eigenvalue weighted by molar-refractivity contribution is 6.00. The largest absolute Gasteiger partial charge is 0.345 e. The maximum Gasteiger partial charge on any atom is 0.253 e. The molecule has 0 spiro atoms. The molecule has 156 valence electrons. The number of rotatable bonds is 8. The molecule has 2 amide bonds. The lowest BCUT2D eigenvalue weighted by Crippen LogP contribution is -2.33. The topological polar surface area (TPSA) is 49.4 Å². The molecule has 3 aromatic carbocycles. The Hall–Kier alpha value is -3.14. The lowest BCUT2D eigenvalue weighted by molar-refractivity contribution is 0.0755. The van der Waals surface area contributed by atoms with E-state index in [0.717, 1.165) is 42.3 Å². The summed E-state index contributed by atoms with van der Waals surface area (Å²) in [5.41, 5.74) is 2.13. The minimum Gasteiger partial charge on any atom is -0.345 e. The Morgan fingerprint density at radius 1 is 0.867 bits per heavy atom. The van der Waals surface area contributed by atoms with Crippen LogP contribution in [0.2, 0.25) is 0 Å². The number of nitrogens with one attached hydrogen (secondary N) is 1. The molecule has 3 rings (SSSR count). The molecule has 0 radical (unpaired) electrons. The van der Waals surface area contributed by atoms with Gasteiger partial charge >= 0.3 is 0 Å². The van der Waals surface area contributed by atoms with Crippen LogP contribution >= 0.6 is 0 Å². The fourth-order valence-electron chi connectivity index (χ4n) is 3.82. The molecular formula is C26H30N2O2. The predicted molar refractivity (Wildman–Crippen MR) is 123 cm³/mol. The van der Waals surface area contributed by atoms with E-state index < -0.39 is 0 Å². The zero-order chi connectivity index (χ0) is 21.5. The number of carbonyl (C=O) groups excluding carboxylic acids is 2. The van der Waals surface area contributed by atoms with E-state index in [9.17, 15) is 9.59 Å². The summed E-state index contributed by atoms with van der Waals surface area (Å²) in [7, 11) is 0. The number of benzene rings is 3. The zero-order valence-electron chi connectivity index (χ0n) is 18.0. The van der Waals surface area contributed by atoms with Crippen LogP contribution < -0.4 is 5.32 Å². The van der Waals surface area contributed by atoms with Crippen LogP contribution in [0.5, 0.6) is 0 Å². The minimum atomic E-state index is -0.178. The molecule has 0 aliphatic rings. The summed E-state index contributed by atoms with van der Waals surface area (Å²) in [6.45, 7) is 7.56. The van der Waals surface area contributed by atoms with E-state index in [1.54, 1.807) is 24.3 Å². The van der Waals surface area contributed by atoms with Gasteiger partial charge in [0, 0.05) is 24.2 Å². The lowest BCUT2D eigenvalue weighted by atomic mass is 9.99. The first kappa shape index (κ1) is 21.6. The van der Waals surface area contributed by atoms with Crippen molar-refractivity contribution >= 4 is 22.6 Å². The Labute approximate surface area is 178 Å². The highest BCUT2D eigenvalue weighted by Crippen LogP contribution is 2.24. The molecule has 0 unspecified atom stereocenters. The van der Waals surface area contributed by atoms with Gasteiger partial charge in [0.2, 0.25) is 0 Å². The summed E-state index contributed by atoms with van der Waals surface area (Å²) >= 11 is 0. The Kier molecular flexibility index (Phi) is 7.23. The van der Waals surface area contributed by atoms with Gasteiger partial charge in [0.25, 0.3) is 11.8 Å². The Morgan fingerprint density at radius 3 is 2.23 bits per heavy atom. The van der Waals surface area contributed by atoms with Gasteiger partial charge < -0.3 is 10.2 Å². The van der Waals surface area contributed by atoms with Gasteiger partial charge in [-0.05, 0) is 54.3 Å². The molecule has 0 aliphatic carbocycles. The van der Waals surface area contributed by atoms with E-state index in [0.29, 0.717) is 11.1 Å². The maximum absolute atomic E-state index is 12.9. The summed E-state index contributed by atoms with van der Waals surface area (Å²) in [4.78, 5) is 27.7. The van der Waals surface area contributed by atoms with Gasteiger partial charge in [0.1, 0.15) is 0 Å². The average Bonchev–Trinajstić information content (AvgIpc) is 2.78. The lowest BCUT2D eigenvalue weighted by Gasteiger charge is -2.22. The average molecular weight is 403 g/mol. The second-order valence-corrected chi connectivity index (χ2v) is 7.64. The van der Waals surface area contributed by atoms with Gasteiger partial charge in [-0.3, -0.25) is 9.59 Å². The van der Waals surface area contributed by atoms with E-state index in [1.165, 1.54) is 0 Å². The van der Waals surface area contributed by atoms with Crippen molar-refractivity contribution in [3.05, 3.63) is 83.4 Å². The Balaban J connectivity index is 1.78. The van der Waals surface area contributed by atoms with Gasteiger partial charge in [0.15, 0.2) is 0 Å². The van der Waals surface area contributed by atoms with E-state index in [-0.39, 0.29) is 17.9 Å². The molecule has 1 atom stereocenters. The molecule has 3 aromatic rings. The summed E-state index contributed by atoms with van der Waals surface area (Å²) in [5.74, 6) is -0.196. The normalized spacial score (nSPS) is 11.8. The smallest absolute Gasteiger partial charge is 0.253 e. The number of carbonyl (C=O) groups is 2. The standard InChI is InChI=1S/C26H30N2O2/c1-4-16-28(17-5-2)26(30)22-13-8-12-21(18-22)25(29)27-19(3)23-15-9-11-20-10-6-7-14-24(20)23/h6-15,18-19H,4-5,16-17H2,1-3H3,(H,27,29)/t19-/m1/s1. The molecule has 4 heteroatoms. The van der Waals surface area contributed by atoms with Crippen molar-refractivity contribution < 1.29 is 9.59 Å². The SMILES string of the molecule is CCCN(CCC)C(=O)c1cccc(C(=O)N[C@H](C)c2cccc3ccccc23)c1. The number of nitrogens with zero attached hydrogens (tertiary/aromatic N) is 1. The quantitative estimate of drug-likeness (QED) is 0.534. The molecule has 0 heterocycles. The molecule has 0 aromatic heterocycles.